The van der Waals surface area contributed by atoms with E-state index >= 15 is 0 Å². The molecule has 0 bridgehead atoms. The van der Waals surface area contributed by atoms with Crippen LogP contribution in [0, 0.1) is 27.7 Å². The van der Waals surface area contributed by atoms with Crippen molar-refractivity contribution < 1.29 is 8.42 Å². The van der Waals surface area contributed by atoms with Gasteiger partial charge in [0.15, 0.2) is 0 Å². The predicted molar refractivity (Wildman–Crippen MR) is 112 cm³/mol. The van der Waals surface area contributed by atoms with Gasteiger partial charge in [0.1, 0.15) is 0 Å². The average Bonchev–Trinajstić information content (AvgIpc) is 3.09. The van der Waals surface area contributed by atoms with E-state index in [4.69, 9.17) is 0 Å². The summed E-state index contributed by atoms with van der Waals surface area (Å²) < 4.78 is 31.6. The monoisotopic (exact) mass is 394 g/mol. The van der Waals surface area contributed by atoms with Crippen LogP contribution in [0.1, 0.15) is 39.6 Å². The van der Waals surface area contributed by atoms with E-state index in [2.05, 4.69) is 4.57 Å². The van der Waals surface area contributed by atoms with Crippen LogP contribution < -0.4 is 0 Å². The molecular formula is C23H26N2O2S. The number of nitrogens with zero attached hydrogens (tertiary/aromatic N) is 2. The fourth-order valence-electron chi connectivity index (χ4n) is 4.52. The van der Waals surface area contributed by atoms with Crippen LogP contribution in [0.3, 0.4) is 0 Å². The van der Waals surface area contributed by atoms with Gasteiger partial charge in [-0.15, -0.1) is 0 Å². The van der Waals surface area contributed by atoms with Gasteiger partial charge >= 0.3 is 0 Å². The maximum Gasteiger partial charge on any atom is 0.244 e. The first kappa shape index (κ1) is 19.0. The molecule has 0 aliphatic carbocycles. The summed E-state index contributed by atoms with van der Waals surface area (Å²) in [5.74, 6) is 0. The highest BCUT2D eigenvalue weighted by atomic mass is 32.2. The lowest BCUT2D eigenvalue weighted by Crippen LogP contribution is -2.43. The minimum atomic E-state index is -3.65. The van der Waals surface area contributed by atoms with Crippen molar-refractivity contribution in [2.45, 2.75) is 45.2 Å². The van der Waals surface area contributed by atoms with Gasteiger partial charge in [0, 0.05) is 25.0 Å². The minimum Gasteiger partial charge on any atom is -0.348 e. The second-order valence-corrected chi connectivity index (χ2v) is 9.56. The zero-order chi connectivity index (χ0) is 20.1. The van der Waals surface area contributed by atoms with E-state index in [1.54, 1.807) is 4.31 Å². The van der Waals surface area contributed by atoms with E-state index in [-0.39, 0.29) is 6.04 Å². The number of benzene rings is 2. The van der Waals surface area contributed by atoms with E-state index in [0.29, 0.717) is 18.0 Å². The molecule has 2 heterocycles. The third-order valence-corrected chi connectivity index (χ3v) is 7.82. The molecule has 1 aliphatic rings. The quantitative estimate of drug-likeness (QED) is 0.656. The highest BCUT2D eigenvalue weighted by molar-refractivity contribution is 7.89. The number of hydrogen-bond acceptors (Lipinski definition) is 2. The highest BCUT2D eigenvalue weighted by Crippen LogP contribution is 2.39. The summed E-state index contributed by atoms with van der Waals surface area (Å²) in [5, 5.41) is 0. The van der Waals surface area contributed by atoms with Crippen LogP contribution in [0.15, 0.2) is 59.6 Å². The fraction of sp³-hybridized carbons (Fsp3) is 0.304. The molecule has 1 unspecified atom stereocenters. The van der Waals surface area contributed by atoms with Crippen molar-refractivity contribution in [3.63, 3.8) is 0 Å². The summed E-state index contributed by atoms with van der Waals surface area (Å²) >= 11 is 0. The Morgan fingerprint density at radius 3 is 2.21 bits per heavy atom. The van der Waals surface area contributed by atoms with Crippen molar-refractivity contribution in [2.24, 2.45) is 0 Å². The van der Waals surface area contributed by atoms with Crippen molar-refractivity contribution in [3.8, 4) is 0 Å². The van der Waals surface area contributed by atoms with Crippen LogP contribution in [0.2, 0.25) is 0 Å². The molecule has 0 saturated carbocycles. The first-order valence-electron chi connectivity index (χ1n) is 9.61. The van der Waals surface area contributed by atoms with Crippen LogP contribution in [0.5, 0.6) is 0 Å². The Hall–Kier alpha value is -2.37. The molecule has 0 fully saturated rings. The smallest absolute Gasteiger partial charge is 0.244 e. The van der Waals surface area contributed by atoms with Crippen LogP contribution in [-0.4, -0.2) is 23.8 Å². The number of hydrogen-bond donors (Lipinski definition) is 0. The van der Waals surface area contributed by atoms with E-state index in [1.807, 2.05) is 82.4 Å². The number of aryl methyl sites for hydroxylation is 4. The molecule has 146 valence electrons. The van der Waals surface area contributed by atoms with Crippen molar-refractivity contribution in [1.29, 1.82) is 0 Å². The Morgan fingerprint density at radius 2 is 1.54 bits per heavy atom. The van der Waals surface area contributed by atoms with Crippen LogP contribution in [0.25, 0.3) is 0 Å². The average molecular weight is 395 g/mol. The van der Waals surface area contributed by atoms with Gasteiger partial charge in [-0.05, 0) is 62.1 Å². The SMILES string of the molecule is Cc1cc(C)c(S(=O)(=O)N2CCn3cccc3C2c2ccccc2C)c(C)c1. The molecule has 1 atom stereocenters. The molecule has 0 spiro atoms. The third kappa shape index (κ3) is 2.99. The normalized spacial score (nSPS) is 17.5. The number of sulfonamides is 1. The van der Waals surface area contributed by atoms with Gasteiger partial charge < -0.3 is 4.57 Å². The maximum atomic E-state index is 13.9. The number of rotatable bonds is 3. The van der Waals surface area contributed by atoms with Gasteiger partial charge in [0.25, 0.3) is 0 Å². The molecule has 2 aromatic carbocycles. The van der Waals surface area contributed by atoms with Gasteiger partial charge in [-0.1, -0.05) is 42.0 Å². The van der Waals surface area contributed by atoms with Gasteiger partial charge in [-0.25, -0.2) is 8.42 Å². The molecule has 0 amide bonds. The van der Waals surface area contributed by atoms with E-state index < -0.39 is 10.0 Å². The molecule has 4 nitrogen and oxygen atoms in total. The molecule has 5 heteroatoms. The second kappa shape index (κ2) is 6.90. The van der Waals surface area contributed by atoms with Crippen LogP contribution in [-0.2, 0) is 16.6 Å². The minimum absolute atomic E-state index is 0.324. The second-order valence-electron chi connectivity index (χ2n) is 7.73. The van der Waals surface area contributed by atoms with E-state index in [0.717, 1.165) is 33.5 Å². The van der Waals surface area contributed by atoms with Crippen LogP contribution >= 0.6 is 0 Å². The Kier molecular flexibility index (Phi) is 4.68. The maximum absolute atomic E-state index is 13.9. The zero-order valence-electron chi connectivity index (χ0n) is 16.8. The first-order valence-corrected chi connectivity index (χ1v) is 11.0. The van der Waals surface area contributed by atoms with Crippen molar-refractivity contribution in [1.82, 2.24) is 8.87 Å². The molecule has 28 heavy (non-hydrogen) atoms. The highest BCUT2D eigenvalue weighted by Gasteiger charge is 2.39. The van der Waals surface area contributed by atoms with Gasteiger partial charge in [-0.3, -0.25) is 0 Å². The van der Waals surface area contributed by atoms with Gasteiger partial charge in [0.05, 0.1) is 10.9 Å². The lowest BCUT2D eigenvalue weighted by Gasteiger charge is -2.37. The molecule has 0 radical (unpaired) electrons. The van der Waals surface area contributed by atoms with Crippen molar-refractivity contribution >= 4 is 10.0 Å². The summed E-state index contributed by atoms with van der Waals surface area (Å²) in [6, 6.07) is 15.7. The van der Waals surface area contributed by atoms with Crippen molar-refractivity contribution in [3.05, 3.63) is 88.2 Å². The van der Waals surface area contributed by atoms with Gasteiger partial charge in [0.2, 0.25) is 10.0 Å². The summed E-state index contributed by atoms with van der Waals surface area (Å²) in [4.78, 5) is 0.441. The summed E-state index contributed by atoms with van der Waals surface area (Å²) in [7, 11) is -3.65. The Bertz CT molecular complexity index is 1120. The fourth-order valence-corrected chi connectivity index (χ4v) is 6.51. The molecule has 1 aromatic heterocycles. The Balaban J connectivity index is 1.92. The van der Waals surface area contributed by atoms with Gasteiger partial charge in [-0.2, -0.15) is 4.31 Å². The lowest BCUT2D eigenvalue weighted by atomic mass is 9.97. The molecular weight excluding hydrogens is 368 g/mol. The zero-order valence-corrected chi connectivity index (χ0v) is 17.6. The molecule has 0 N–H and O–H groups in total. The largest absolute Gasteiger partial charge is 0.348 e. The molecule has 1 aliphatic heterocycles. The summed E-state index contributed by atoms with van der Waals surface area (Å²) in [6.07, 6.45) is 2.03. The summed E-state index contributed by atoms with van der Waals surface area (Å²) in [6.45, 7) is 8.94. The van der Waals surface area contributed by atoms with Crippen LogP contribution in [0.4, 0.5) is 0 Å². The summed E-state index contributed by atoms with van der Waals surface area (Å²) in [5.41, 5.74) is 5.85. The van der Waals surface area contributed by atoms with E-state index in [1.165, 1.54) is 0 Å². The standard InChI is InChI=1S/C23H26N2O2S/c1-16-14-18(3)23(19(4)15-16)28(26,27)25-13-12-24-11-7-10-21(24)22(25)20-9-6-5-8-17(20)2/h5-11,14-15,22H,12-13H2,1-4H3. The molecule has 0 saturated heterocycles. The van der Waals surface area contributed by atoms with E-state index in [9.17, 15) is 8.42 Å². The molecule has 4 rings (SSSR count). The predicted octanol–water partition coefficient (Wildman–Crippen LogP) is 4.52. The molecule has 3 aromatic rings. The first-order chi connectivity index (χ1) is 13.3. The Labute approximate surface area is 167 Å². The van der Waals surface area contributed by atoms with Crippen molar-refractivity contribution in [2.75, 3.05) is 6.54 Å². The Morgan fingerprint density at radius 1 is 0.857 bits per heavy atom. The number of fused-ring (bicyclic) bond motifs is 1. The lowest BCUT2D eigenvalue weighted by molar-refractivity contribution is 0.297. The topological polar surface area (TPSA) is 42.3 Å². The number of aromatic nitrogens is 1. The third-order valence-electron chi connectivity index (χ3n) is 5.65.